The third kappa shape index (κ3) is 8.09. The summed E-state index contributed by atoms with van der Waals surface area (Å²) in [7, 11) is 0. The fraction of sp³-hybridized carbons (Fsp3) is 0.125. The van der Waals surface area contributed by atoms with Crippen molar-refractivity contribution in [3.63, 3.8) is 0 Å². The molecule has 0 saturated heterocycles. The van der Waals surface area contributed by atoms with Crippen molar-refractivity contribution in [2.45, 2.75) is 4.84 Å². The molecule has 0 spiro atoms. The van der Waals surface area contributed by atoms with E-state index < -0.39 is 9.53 Å². The molecule has 1 aromatic rings. The summed E-state index contributed by atoms with van der Waals surface area (Å²) >= 11 is 12.5. The Kier molecular flexibility index (Phi) is 7.04. The largest absolute Gasteiger partial charge is 0.508 e. The predicted octanol–water partition coefficient (Wildman–Crippen LogP) is 3.10. The summed E-state index contributed by atoms with van der Waals surface area (Å²) in [5.74, 6) is 0.322. The van der Waals surface area contributed by atoms with Crippen molar-refractivity contribution in [1.82, 2.24) is 0 Å². The van der Waals surface area contributed by atoms with Crippen LogP contribution in [0.15, 0.2) is 30.3 Å². The molecule has 5 heteroatoms. The van der Waals surface area contributed by atoms with Crippen LogP contribution in [-0.2, 0) is 4.79 Å². The van der Waals surface area contributed by atoms with Gasteiger partial charge in [-0.25, -0.2) is 0 Å². The van der Waals surface area contributed by atoms with Gasteiger partial charge in [0.25, 0.3) is 0 Å². The highest BCUT2D eigenvalue weighted by Crippen LogP contribution is 2.05. The van der Waals surface area contributed by atoms with Crippen molar-refractivity contribution in [1.29, 1.82) is 0 Å². The van der Waals surface area contributed by atoms with Gasteiger partial charge >= 0.3 is 0 Å². The predicted molar refractivity (Wildman–Crippen MR) is 57.5 cm³/mol. The first-order valence-corrected chi connectivity index (χ1v) is 4.92. The minimum Gasteiger partial charge on any atom is -0.508 e. The van der Waals surface area contributed by atoms with Crippen LogP contribution in [0.5, 0.6) is 5.75 Å². The van der Waals surface area contributed by atoms with Crippen LogP contribution in [0.3, 0.4) is 0 Å². The Hall–Kier alpha value is -0.250. The first-order valence-electron chi connectivity index (χ1n) is 3.25. The lowest BCUT2D eigenvalue weighted by molar-refractivity contribution is -0.108. The molecule has 0 fully saturated rings. The van der Waals surface area contributed by atoms with Gasteiger partial charge in [-0.15, -0.1) is 0 Å². The van der Waals surface area contributed by atoms with Gasteiger partial charge in [-0.1, -0.05) is 41.4 Å². The normalized spacial score (nSPS) is 8.92. The van der Waals surface area contributed by atoms with Crippen LogP contribution in [0.25, 0.3) is 0 Å². The standard InChI is InChI=1S/C6H6O.C2HBrCl2O/c7-6-4-2-1-3-5-6;3-1(6)2(4)5/h1-5,7H;2H. The summed E-state index contributed by atoms with van der Waals surface area (Å²) < 4.78 is -0.397. The van der Waals surface area contributed by atoms with E-state index in [4.69, 9.17) is 28.3 Å². The van der Waals surface area contributed by atoms with Crippen molar-refractivity contribution < 1.29 is 9.90 Å². The van der Waals surface area contributed by atoms with Gasteiger partial charge < -0.3 is 5.11 Å². The summed E-state index contributed by atoms with van der Waals surface area (Å²) in [6, 6.07) is 8.71. The number of hydrogen-bond acceptors (Lipinski definition) is 2. The van der Waals surface area contributed by atoms with Crippen LogP contribution in [-0.4, -0.2) is 14.6 Å². The van der Waals surface area contributed by atoms with Gasteiger partial charge in [-0.2, -0.15) is 0 Å². The molecule has 2 nitrogen and oxygen atoms in total. The molecule has 0 aliphatic heterocycles. The van der Waals surface area contributed by atoms with Crippen molar-refractivity contribution in [3.05, 3.63) is 30.3 Å². The Labute approximate surface area is 94.6 Å². The maximum atomic E-state index is 9.80. The number of phenolic OH excluding ortho intramolecular Hbond substituents is 1. The van der Waals surface area contributed by atoms with E-state index in [1.807, 2.05) is 6.07 Å². The van der Waals surface area contributed by atoms with Gasteiger partial charge in [0.1, 0.15) is 5.75 Å². The fourth-order valence-electron chi connectivity index (χ4n) is 0.428. The first kappa shape index (κ1) is 12.8. The number of carbonyl (C=O) groups excluding carboxylic acids is 1. The van der Waals surface area contributed by atoms with Crippen molar-refractivity contribution >= 4 is 43.8 Å². The first-order chi connectivity index (χ1) is 6.04. The molecule has 0 amide bonds. The zero-order valence-corrected chi connectivity index (χ0v) is 9.55. The Balaban J connectivity index is 0.000000226. The second kappa shape index (κ2) is 7.18. The quantitative estimate of drug-likeness (QED) is 0.636. The highest BCUT2D eigenvalue weighted by atomic mass is 79.9. The van der Waals surface area contributed by atoms with Crippen molar-refractivity contribution in [2.24, 2.45) is 0 Å². The molecular formula is C8H7BrCl2O2. The Morgan fingerprint density at radius 1 is 1.31 bits per heavy atom. The van der Waals surface area contributed by atoms with Crippen molar-refractivity contribution in [2.75, 3.05) is 0 Å². The van der Waals surface area contributed by atoms with Crippen LogP contribution < -0.4 is 0 Å². The summed E-state index contributed by atoms with van der Waals surface area (Å²) in [6.07, 6.45) is 0. The van der Waals surface area contributed by atoms with Gasteiger partial charge in [0.2, 0.25) is 4.69 Å². The van der Waals surface area contributed by atoms with E-state index in [0.29, 0.717) is 5.75 Å². The highest BCUT2D eigenvalue weighted by molar-refractivity contribution is 9.18. The van der Waals surface area contributed by atoms with Gasteiger partial charge in [0, 0.05) is 0 Å². The van der Waals surface area contributed by atoms with E-state index in [1.54, 1.807) is 24.3 Å². The van der Waals surface area contributed by atoms with Crippen LogP contribution in [0.2, 0.25) is 0 Å². The Morgan fingerprint density at radius 3 is 1.85 bits per heavy atom. The van der Waals surface area contributed by atoms with Crippen LogP contribution in [0.1, 0.15) is 0 Å². The highest BCUT2D eigenvalue weighted by Gasteiger charge is 2.03. The summed E-state index contributed by atoms with van der Waals surface area (Å²) in [5, 5.41) is 8.63. The fourth-order valence-corrected chi connectivity index (χ4v) is 0.428. The average Bonchev–Trinajstić information content (AvgIpc) is 2.06. The molecule has 0 aliphatic rings. The van der Waals surface area contributed by atoms with E-state index >= 15 is 0 Å². The van der Waals surface area contributed by atoms with E-state index in [1.165, 1.54) is 0 Å². The molecule has 0 radical (unpaired) electrons. The molecule has 72 valence electrons. The molecule has 13 heavy (non-hydrogen) atoms. The lowest BCUT2D eigenvalue weighted by Crippen LogP contribution is -1.94. The van der Waals surface area contributed by atoms with Gasteiger partial charge in [0.15, 0.2) is 4.84 Å². The van der Waals surface area contributed by atoms with E-state index in [2.05, 4.69) is 15.9 Å². The molecule has 1 N–H and O–H groups in total. The topological polar surface area (TPSA) is 37.3 Å². The summed E-state index contributed by atoms with van der Waals surface area (Å²) in [4.78, 5) is 8.87. The third-order valence-corrected chi connectivity index (χ3v) is 2.31. The number of benzene rings is 1. The van der Waals surface area contributed by atoms with Crippen LogP contribution in [0, 0.1) is 0 Å². The van der Waals surface area contributed by atoms with Crippen LogP contribution >= 0.6 is 39.1 Å². The van der Waals surface area contributed by atoms with Crippen LogP contribution in [0.4, 0.5) is 0 Å². The second-order valence-electron chi connectivity index (χ2n) is 1.94. The number of hydrogen-bond donors (Lipinski definition) is 1. The maximum absolute atomic E-state index is 9.80. The Morgan fingerprint density at radius 2 is 1.69 bits per heavy atom. The van der Waals surface area contributed by atoms with E-state index in [0.717, 1.165) is 0 Å². The Bertz CT molecular complexity index is 252. The molecule has 0 bridgehead atoms. The number of para-hydroxylation sites is 1. The molecule has 0 aliphatic carbocycles. The number of rotatable bonds is 1. The monoisotopic (exact) mass is 284 g/mol. The minimum absolute atomic E-state index is 0.322. The second-order valence-corrected chi connectivity index (χ2v) is 3.82. The van der Waals surface area contributed by atoms with E-state index in [9.17, 15) is 4.79 Å². The molecular weight excluding hydrogens is 279 g/mol. The zero-order chi connectivity index (χ0) is 10.3. The molecule has 0 heterocycles. The molecule has 1 rings (SSSR count). The van der Waals surface area contributed by atoms with Crippen molar-refractivity contribution in [3.8, 4) is 5.75 Å². The zero-order valence-electron chi connectivity index (χ0n) is 6.45. The van der Waals surface area contributed by atoms with Gasteiger partial charge in [-0.05, 0) is 28.1 Å². The van der Waals surface area contributed by atoms with E-state index in [-0.39, 0.29) is 0 Å². The number of phenols is 1. The van der Waals surface area contributed by atoms with Gasteiger partial charge in [-0.3, -0.25) is 4.79 Å². The maximum Gasteiger partial charge on any atom is 0.230 e. The van der Waals surface area contributed by atoms with Gasteiger partial charge in [0.05, 0.1) is 0 Å². The summed E-state index contributed by atoms with van der Waals surface area (Å²) in [6.45, 7) is 0. The molecule has 0 unspecified atom stereocenters. The smallest absolute Gasteiger partial charge is 0.230 e. The lowest BCUT2D eigenvalue weighted by Gasteiger charge is -1.82. The lowest BCUT2D eigenvalue weighted by atomic mass is 10.3. The molecule has 1 aromatic carbocycles. The number of halogens is 3. The SMILES string of the molecule is O=C(Br)C(Cl)Cl.Oc1ccccc1. The molecule has 0 atom stereocenters. The number of aromatic hydroxyl groups is 1. The molecule has 0 aromatic heterocycles. The minimum atomic E-state index is -0.926. The number of carbonyl (C=O) groups is 1. The third-order valence-electron chi connectivity index (χ3n) is 0.928. The average molecular weight is 286 g/mol. The summed E-state index contributed by atoms with van der Waals surface area (Å²) in [5.41, 5.74) is 0. The molecule has 0 saturated carbocycles. The number of alkyl halides is 2.